The summed E-state index contributed by atoms with van der Waals surface area (Å²) in [6.45, 7) is 10.3. The van der Waals surface area contributed by atoms with Gasteiger partial charge in [-0.1, -0.05) is 125 Å². The first kappa shape index (κ1) is 33.0. The number of hydrogen-bond donors (Lipinski definition) is 0. The van der Waals surface area contributed by atoms with Crippen LogP contribution in [0.4, 0.5) is 13.2 Å². The Balaban J connectivity index is 1.16. The second-order valence-electron chi connectivity index (χ2n) is 15.3. The second-order valence-corrected chi connectivity index (χ2v) is 15.3. The van der Waals surface area contributed by atoms with Crippen molar-refractivity contribution in [2.24, 2.45) is 0 Å². The smallest absolute Gasteiger partial charge is 0.170 e. The summed E-state index contributed by atoms with van der Waals surface area (Å²) in [5.41, 5.74) is 13.4. The highest BCUT2D eigenvalue weighted by Gasteiger charge is 2.58. The molecule has 0 N–H and O–H groups in total. The van der Waals surface area contributed by atoms with E-state index < -0.39 is 11.6 Å². The fourth-order valence-corrected chi connectivity index (χ4v) is 10.5. The van der Waals surface area contributed by atoms with Crippen LogP contribution in [0.1, 0.15) is 93.7 Å². The first-order chi connectivity index (χ1) is 25.1. The molecule has 0 aliphatic heterocycles. The van der Waals surface area contributed by atoms with E-state index in [0.29, 0.717) is 22.3 Å². The van der Waals surface area contributed by atoms with Crippen LogP contribution in [0.5, 0.6) is 0 Å². The topological polar surface area (TPSA) is 0 Å². The molecule has 0 atom stereocenters. The van der Waals surface area contributed by atoms with Crippen molar-refractivity contribution in [1.29, 1.82) is 0 Å². The van der Waals surface area contributed by atoms with Crippen LogP contribution in [0, 0.1) is 0 Å². The summed E-state index contributed by atoms with van der Waals surface area (Å²) < 4.78 is 46.9. The van der Waals surface area contributed by atoms with Crippen LogP contribution in [-0.4, -0.2) is 6.18 Å². The van der Waals surface area contributed by atoms with Gasteiger partial charge in [-0.2, -0.15) is 13.2 Å². The van der Waals surface area contributed by atoms with Gasteiger partial charge in [-0.3, -0.25) is 0 Å². The molecular formula is C49H43F3. The van der Waals surface area contributed by atoms with Crippen molar-refractivity contribution in [2.75, 3.05) is 0 Å². The molecule has 260 valence electrons. The highest BCUT2D eigenvalue weighted by molar-refractivity contribution is 5.89. The first-order valence-electron chi connectivity index (χ1n) is 18.9. The lowest BCUT2D eigenvalue weighted by Crippen LogP contribution is -2.38. The summed E-state index contributed by atoms with van der Waals surface area (Å²) in [6.07, 6.45) is -0.664. The summed E-state index contributed by atoms with van der Waals surface area (Å²) >= 11 is 0. The molecule has 6 aromatic rings. The Kier molecular flexibility index (Phi) is 7.17. The van der Waals surface area contributed by atoms with Crippen molar-refractivity contribution in [2.45, 2.75) is 82.7 Å². The van der Waals surface area contributed by atoms with Crippen LogP contribution in [0.3, 0.4) is 0 Å². The van der Waals surface area contributed by atoms with Gasteiger partial charge in [0.15, 0.2) is 0 Å². The van der Waals surface area contributed by atoms with Gasteiger partial charge in [0.25, 0.3) is 0 Å². The summed E-state index contributed by atoms with van der Waals surface area (Å²) in [5, 5.41) is 0. The van der Waals surface area contributed by atoms with E-state index in [1.54, 1.807) is 0 Å². The standard InChI is InChI=1S/C49H43F3/c1-6-47(7-2)40-16-12-10-14-34(40)38-24-20-32(28-44(38)47)30-18-22-36-37-23-19-31(27-43(37)46(5,42(36)26-30)49(50,51)52)33-21-25-39-35-15-11-13-17-41(35)48(8-3,9-4)45(39)29-33/h10-29H,6-9H2,1-5H3. The van der Waals surface area contributed by atoms with Crippen molar-refractivity contribution in [3.05, 3.63) is 155 Å². The SMILES string of the molecule is CCC1(CC)c2ccccc2-c2ccc(-c3ccc4c(c3)C(C)(C(F)(F)F)c3cc(-c5ccc6c(c5)C(CC)(CC)c5ccccc5-6)ccc3-4)cc21. The molecule has 0 aromatic heterocycles. The maximum atomic E-state index is 15.6. The molecular weight excluding hydrogens is 646 g/mol. The minimum atomic E-state index is -4.50. The van der Waals surface area contributed by atoms with Crippen LogP contribution < -0.4 is 0 Å². The van der Waals surface area contributed by atoms with Crippen LogP contribution in [-0.2, 0) is 16.2 Å². The fourth-order valence-electron chi connectivity index (χ4n) is 10.5. The first-order valence-corrected chi connectivity index (χ1v) is 18.9. The third-order valence-corrected chi connectivity index (χ3v) is 13.6. The van der Waals surface area contributed by atoms with Crippen molar-refractivity contribution >= 4 is 0 Å². The summed E-state index contributed by atoms with van der Waals surface area (Å²) in [5.74, 6) is 0. The van der Waals surface area contributed by atoms with Gasteiger partial charge in [0.2, 0.25) is 0 Å². The average Bonchev–Trinajstić information content (AvgIpc) is 3.73. The molecule has 3 heteroatoms. The van der Waals surface area contributed by atoms with E-state index in [-0.39, 0.29) is 10.8 Å². The van der Waals surface area contributed by atoms with Crippen molar-refractivity contribution < 1.29 is 13.2 Å². The minimum absolute atomic E-state index is 0.111. The highest BCUT2D eigenvalue weighted by atomic mass is 19.4. The highest BCUT2D eigenvalue weighted by Crippen LogP contribution is 2.59. The van der Waals surface area contributed by atoms with E-state index in [0.717, 1.165) is 47.9 Å². The van der Waals surface area contributed by atoms with Gasteiger partial charge >= 0.3 is 6.18 Å². The summed E-state index contributed by atoms with van der Waals surface area (Å²) in [4.78, 5) is 0. The van der Waals surface area contributed by atoms with Gasteiger partial charge in [0.1, 0.15) is 5.41 Å². The maximum absolute atomic E-state index is 15.6. The van der Waals surface area contributed by atoms with Crippen LogP contribution >= 0.6 is 0 Å². The Morgan fingerprint density at radius 3 is 1.00 bits per heavy atom. The number of fused-ring (bicyclic) bond motifs is 9. The molecule has 0 nitrogen and oxygen atoms in total. The zero-order valence-corrected chi connectivity index (χ0v) is 30.5. The number of hydrogen-bond acceptors (Lipinski definition) is 0. The molecule has 0 unspecified atom stereocenters. The van der Waals surface area contributed by atoms with E-state index in [4.69, 9.17) is 0 Å². The lowest BCUT2D eigenvalue weighted by molar-refractivity contribution is -0.172. The van der Waals surface area contributed by atoms with Gasteiger partial charge in [-0.25, -0.2) is 0 Å². The van der Waals surface area contributed by atoms with Gasteiger partial charge in [-0.15, -0.1) is 0 Å². The largest absolute Gasteiger partial charge is 0.402 e. The predicted molar refractivity (Wildman–Crippen MR) is 209 cm³/mol. The normalized spacial score (nSPS) is 16.5. The van der Waals surface area contributed by atoms with E-state index in [9.17, 15) is 0 Å². The Bertz CT molecular complexity index is 2260. The molecule has 9 rings (SSSR count). The minimum Gasteiger partial charge on any atom is -0.170 e. The third kappa shape index (κ3) is 4.11. The molecule has 0 fully saturated rings. The van der Waals surface area contributed by atoms with Crippen LogP contribution in [0.25, 0.3) is 55.6 Å². The zero-order chi connectivity index (χ0) is 36.2. The Hall–Kier alpha value is -4.89. The van der Waals surface area contributed by atoms with Crippen molar-refractivity contribution in [3.8, 4) is 55.6 Å². The molecule has 0 heterocycles. The molecule has 3 aliphatic carbocycles. The van der Waals surface area contributed by atoms with Crippen molar-refractivity contribution in [3.63, 3.8) is 0 Å². The van der Waals surface area contributed by atoms with E-state index in [1.165, 1.54) is 51.4 Å². The average molecular weight is 689 g/mol. The summed E-state index contributed by atoms with van der Waals surface area (Å²) in [6, 6.07) is 41.8. The number of halogens is 3. The van der Waals surface area contributed by atoms with E-state index >= 15 is 13.2 Å². The molecule has 0 bridgehead atoms. The predicted octanol–water partition coefficient (Wildman–Crippen LogP) is 14.0. The lowest BCUT2D eigenvalue weighted by Gasteiger charge is -2.31. The van der Waals surface area contributed by atoms with Gasteiger partial charge < -0.3 is 0 Å². The summed E-state index contributed by atoms with van der Waals surface area (Å²) in [7, 11) is 0. The lowest BCUT2D eigenvalue weighted by atomic mass is 9.73. The van der Waals surface area contributed by atoms with Crippen LogP contribution in [0.15, 0.2) is 121 Å². The maximum Gasteiger partial charge on any atom is 0.402 e. The molecule has 0 spiro atoms. The number of rotatable bonds is 6. The molecule has 0 saturated heterocycles. The van der Waals surface area contributed by atoms with Crippen molar-refractivity contribution in [1.82, 2.24) is 0 Å². The molecule has 0 amide bonds. The molecule has 6 aromatic carbocycles. The number of benzene rings is 6. The second kappa shape index (κ2) is 11.3. The molecule has 0 saturated carbocycles. The zero-order valence-electron chi connectivity index (χ0n) is 30.5. The molecule has 3 aliphatic rings. The van der Waals surface area contributed by atoms with Crippen LogP contribution in [0.2, 0.25) is 0 Å². The molecule has 0 radical (unpaired) electrons. The van der Waals surface area contributed by atoms with Gasteiger partial charge in [-0.05, 0) is 146 Å². The Morgan fingerprint density at radius 2 is 0.673 bits per heavy atom. The monoisotopic (exact) mass is 688 g/mol. The molecule has 52 heavy (non-hydrogen) atoms. The van der Waals surface area contributed by atoms with Gasteiger partial charge in [0, 0.05) is 10.8 Å². The van der Waals surface area contributed by atoms with E-state index in [2.05, 4.69) is 113 Å². The Labute approximate surface area is 305 Å². The van der Waals surface area contributed by atoms with Gasteiger partial charge in [0.05, 0.1) is 0 Å². The third-order valence-electron chi connectivity index (χ3n) is 13.6. The quantitative estimate of drug-likeness (QED) is 0.163. The Morgan fingerprint density at radius 1 is 0.385 bits per heavy atom. The fraction of sp³-hybridized carbons (Fsp3) is 0.265. The van der Waals surface area contributed by atoms with E-state index in [1.807, 2.05) is 36.4 Å². The number of alkyl halides is 3.